The van der Waals surface area contributed by atoms with E-state index in [2.05, 4.69) is 79.4 Å². The molecule has 1 unspecified atom stereocenters. The van der Waals surface area contributed by atoms with Crippen molar-refractivity contribution in [3.05, 3.63) is 82.9 Å². The van der Waals surface area contributed by atoms with Gasteiger partial charge in [0.05, 0.1) is 12.0 Å². The van der Waals surface area contributed by atoms with Gasteiger partial charge in [0.1, 0.15) is 0 Å². The standard InChI is InChI=1S/C25H27NO2/c1-17-10-11-18(2)23(16-17)24(26-14-12-20(13-15-26)25(27)28)22-9-5-7-19-6-3-4-8-21(19)22/h3-11,16,20,24H,12-15H2,1-2H3,(H,27,28). The number of hydrogen-bond donors (Lipinski definition) is 1. The fraction of sp³-hybridized carbons (Fsp3) is 0.320. The molecule has 1 atom stereocenters. The first-order chi connectivity index (χ1) is 13.5. The predicted octanol–water partition coefficient (Wildman–Crippen LogP) is 5.34. The fourth-order valence-corrected chi connectivity index (χ4v) is 4.51. The van der Waals surface area contributed by atoms with Crippen molar-refractivity contribution < 1.29 is 9.90 Å². The van der Waals surface area contributed by atoms with Crippen LogP contribution in [-0.4, -0.2) is 29.1 Å². The van der Waals surface area contributed by atoms with Crippen LogP contribution >= 0.6 is 0 Å². The molecule has 0 radical (unpaired) electrons. The Kier molecular flexibility index (Phi) is 5.19. The summed E-state index contributed by atoms with van der Waals surface area (Å²) >= 11 is 0. The van der Waals surface area contributed by atoms with E-state index in [1.165, 1.54) is 33.0 Å². The molecule has 3 heteroatoms. The Labute approximate surface area is 166 Å². The highest BCUT2D eigenvalue weighted by Gasteiger charge is 2.31. The fourth-order valence-electron chi connectivity index (χ4n) is 4.51. The van der Waals surface area contributed by atoms with Crippen LogP contribution in [0.5, 0.6) is 0 Å². The number of nitrogens with zero attached hydrogens (tertiary/aromatic N) is 1. The van der Waals surface area contributed by atoms with Gasteiger partial charge in [0.15, 0.2) is 0 Å². The molecule has 1 N–H and O–H groups in total. The molecule has 1 fully saturated rings. The molecule has 1 heterocycles. The molecule has 1 aliphatic heterocycles. The SMILES string of the molecule is Cc1ccc(C)c(C(c2cccc3ccccc23)N2CCC(C(=O)O)CC2)c1. The van der Waals surface area contributed by atoms with Gasteiger partial charge in [-0.3, -0.25) is 9.69 Å². The average Bonchev–Trinajstić information content (AvgIpc) is 2.71. The number of fused-ring (bicyclic) bond motifs is 1. The second-order valence-electron chi connectivity index (χ2n) is 7.98. The van der Waals surface area contributed by atoms with E-state index in [0.717, 1.165) is 13.1 Å². The second-order valence-corrected chi connectivity index (χ2v) is 7.98. The zero-order valence-electron chi connectivity index (χ0n) is 16.6. The number of carbonyl (C=O) groups is 1. The maximum absolute atomic E-state index is 11.4. The molecule has 1 aliphatic rings. The molecular formula is C25H27NO2. The summed E-state index contributed by atoms with van der Waals surface area (Å²) in [6.07, 6.45) is 1.42. The van der Waals surface area contributed by atoms with Gasteiger partial charge in [0, 0.05) is 0 Å². The summed E-state index contributed by atoms with van der Waals surface area (Å²) in [5, 5.41) is 11.9. The van der Waals surface area contributed by atoms with E-state index in [-0.39, 0.29) is 12.0 Å². The first-order valence-electron chi connectivity index (χ1n) is 10.1. The summed E-state index contributed by atoms with van der Waals surface area (Å²) in [7, 11) is 0. The van der Waals surface area contributed by atoms with E-state index in [1.54, 1.807) is 0 Å². The van der Waals surface area contributed by atoms with Crippen molar-refractivity contribution in [1.82, 2.24) is 4.90 Å². The van der Waals surface area contributed by atoms with Gasteiger partial charge in [-0.25, -0.2) is 0 Å². The maximum atomic E-state index is 11.4. The minimum absolute atomic E-state index is 0.140. The van der Waals surface area contributed by atoms with Crippen LogP contribution in [0.4, 0.5) is 0 Å². The summed E-state index contributed by atoms with van der Waals surface area (Å²) in [5.41, 5.74) is 5.17. The van der Waals surface area contributed by atoms with E-state index < -0.39 is 5.97 Å². The van der Waals surface area contributed by atoms with E-state index in [9.17, 15) is 9.90 Å². The van der Waals surface area contributed by atoms with Crippen molar-refractivity contribution in [3.63, 3.8) is 0 Å². The Morgan fingerprint density at radius 3 is 2.43 bits per heavy atom. The number of rotatable bonds is 4. The third kappa shape index (κ3) is 3.55. The average molecular weight is 373 g/mol. The summed E-state index contributed by atoms with van der Waals surface area (Å²) in [4.78, 5) is 13.9. The van der Waals surface area contributed by atoms with Crippen molar-refractivity contribution >= 4 is 16.7 Å². The number of carboxylic acids is 1. The summed E-state index contributed by atoms with van der Waals surface area (Å²) in [6.45, 7) is 5.92. The Morgan fingerprint density at radius 2 is 1.68 bits per heavy atom. The molecule has 0 aromatic heterocycles. The van der Waals surface area contributed by atoms with Gasteiger partial charge in [0.2, 0.25) is 0 Å². The van der Waals surface area contributed by atoms with Crippen LogP contribution in [0.1, 0.15) is 41.1 Å². The highest BCUT2D eigenvalue weighted by molar-refractivity contribution is 5.86. The number of hydrogen-bond acceptors (Lipinski definition) is 2. The molecule has 4 rings (SSSR count). The highest BCUT2D eigenvalue weighted by atomic mass is 16.4. The first-order valence-corrected chi connectivity index (χ1v) is 10.1. The zero-order chi connectivity index (χ0) is 19.7. The Bertz CT molecular complexity index is 997. The second kappa shape index (κ2) is 7.76. The van der Waals surface area contributed by atoms with Gasteiger partial charge in [-0.2, -0.15) is 0 Å². The van der Waals surface area contributed by atoms with Crippen LogP contribution in [0.25, 0.3) is 10.8 Å². The van der Waals surface area contributed by atoms with E-state index in [4.69, 9.17) is 0 Å². The quantitative estimate of drug-likeness (QED) is 0.671. The molecule has 28 heavy (non-hydrogen) atoms. The number of likely N-dealkylation sites (tertiary alicyclic amines) is 1. The molecule has 3 aromatic rings. The predicted molar refractivity (Wildman–Crippen MR) is 114 cm³/mol. The van der Waals surface area contributed by atoms with Crippen LogP contribution in [0, 0.1) is 19.8 Å². The molecule has 1 saturated heterocycles. The lowest BCUT2D eigenvalue weighted by molar-refractivity contribution is -0.143. The van der Waals surface area contributed by atoms with Crippen LogP contribution in [0.15, 0.2) is 60.7 Å². The van der Waals surface area contributed by atoms with Gasteiger partial charge in [-0.05, 0) is 67.2 Å². The lowest BCUT2D eigenvalue weighted by atomic mass is 9.87. The minimum atomic E-state index is -0.659. The van der Waals surface area contributed by atoms with Crippen LogP contribution in [0.3, 0.4) is 0 Å². The van der Waals surface area contributed by atoms with Crippen molar-refractivity contribution in [2.75, 3.05) is 13.1 Å². The van der Waals surface area contributed by atoms with Crippen LogP contribution in [0.2, 0.25) is 0 Å². The van der Waals surface area contributed by atoms with E-state index in [0.29, 0.717) is 12.8 Å². The van der Waals surface area contributed by atoms with Crippen LogP contribution < -0.4 is 0 Å². The lowest BCUT2D eigenvalue weighted by Gasteiger charge is -2.38. The third-order valence-electron chi connectivity index (χ3n) is 6.09. The van der Waals surface area contributed by atoms with E-state index >= 15 is 0 Å². The number of carboxylic acid groups (broad SMARTS) is 1. The molecule has 0 amide bonds. The van der Waals surface area contributed by atoms with Gasteiger partial charge >= 0.3 is 5.97 Å². The van der Waals surface area contributed by atoms with Crippen molar-refractivity contribution in [3.8, 4) is 0 Å². The van der Waals surface area contributed by atoms with Gasteiger partial charge in [0.25, 0.3) is 0 Å². The molecule has 144 valence electrons. The van der Waals surface area contributed by atoms with Gasteiger partial charge < -0.3 is 5.11 Å². The minimum Gasteiger partial charge on any atom is -0.481 e. The Morgan fingerprint density at radius 1 is 0.964 bits per heavy atom. The summed E-state index contributed by atoms with van der Waals surface area (Å²) in [6, 6.07) is 21.9. The lowest BCUT2D eigenvalue weighted by Crippen LogP contribution is -2.39. The van der Waals surface area contributed by atoms with Crippen LogP contribution in [-0.2, 0) is 4.79 Å². The maximum Gasteiger partial charge on any atom is 0.306 e. The molecule has 0 bridgehead atoms. The number of benzene rings is 3. The molecule has 0 aliphatic carbocycles. The number of aliphatic carboxylic acids is 1. The summed E-state index contributed by atoms with van der Waals surface area (Å²) < 4.78 is 0. The highest BCUT2D eigenvalue weighted by Crippen LogP contribution is 2.37. The van der Waals surface area contributed by atoms with Crippen molar-refractivity contribution in [2.45, 2.75) is 32.7 Å². The largest absolute Gasteiger partial charge is 0.481 e. The van der Waals surface area contributed by atoms with Gasteiger partial charge in [-0.15, -0.1) is 0 Å². The Hall–Kier alpha value is -2.65. The molecule has 3 aromatic carbocycles. The first kappa shape index (κ1) is 18.7. The summed E-state index contributed by atoms with van der Waals surface area (Å²) in [5.74, 6) is -0.879. The molecule has 3 nitrogen and oxygen atoms in total. The molecular weight excluding hydrogens is 346 g/mol. The van der Waals surface area contributed by atoms with Crippen molar-refractivity contribution in [2.24, 2.45) is 5.92 Å². The normalized spacial score (nSPS) is 16.9. The van der Waals surface area contributed by atoms with Gasteiger partial charge in [-0.1, -0.05) is 66.2 Å². The van der Waals surface area contributed by atoms with Crippen molar-refractivity contribution in [1.29, 1.82) is 0 Å². The topological polar surface area (TPSA) is 40.5 Å². The zero-order valence-corrected chi connectivity index (χ0v) is 16.6. The third-order valence-corrected chi connectivity index (χ3v) is 6.09. The monoisotopic (exact) mass is 373 g/mol. The smallest absolute Gasteiger partial charge is 0.306 e. The molecule has 0 saturated carbocycles. The van der Waals surface area contributed by atoms with E-state index in [1.807, 2.05) is 0 Å². The number of aryl methyl sites for hydroxylation is 2. The number of piperidine rings is 1. The molecule has 0 spiro atoms. The Balaban J connectivity index is 1.82.